The maximum atomic E-state index is 12.7. The molecule has 5 heteroatoms. The van der Waals surface area contributed by atoms with Gasteiger partial charge in [0.1, 0.15) is 11.5 Å². The molecule has 1 aromatic heterocycles. The van der Waals surface area contributed by atoms with Crippen LogP contribution in [-0.4, -0.2) is 46.6 Å². The molecule has 1 aliphatic heterocycles. The Morgan fingerprint density at radius 1 is 1.48 bits per heavy atom. The van der Waals surface area contributed by atoms with Gasteiger partial charge in [0.25, 0.3) is 5.91 Å². The molecule has 1 amide bonds. The first kappa shape index (κ1) is 15.8. The van der Waals surface area contributed by atoms with Gasteiger partial charge in [0.05, 0.1) is 11.7 Å². The lowest BCUT2D eigenvalue weighted by atomic mass is 10.1. The number of hydrogen-bond donors (Lipinski definition) is 1. The molecule has 1 N–H and O–H groups in total. The largest absolute Gasteiger partial charge is 0.369 e. The second-order valence-electron chi connectivity index (χ2n) is 6.58. The van der Waals surface area contributed by atoms with Crippen molar-refractivity contribution in [3.63, 3.8) is 0 Å². The molecule has 0 aliphatic carbocycles. The molecule has 2 heterocycles. The van der Waals surface area contributed by atoms with E-state index in [4.69, 9.17) is 4.74 Å². The molecule has 1 aliphatic rings. The summed E-state index contributed by atoms with van der Waals surface area (Å²) in [4.78, 5) is 18.9. The SMILES string of the molecule is CC(C)Nc1cccc(C(=O)N2CC(C)OC(C)(C)C2)n1. The molecule has 5 nitrogen and oxygen atoms in total. The van der Waals surface area contributed by atoms with E-state index in [-0.39, 0.29) is 23.7 Å². The fourth-order valence-corrected chi connectivity index (χ4v) is 2.70. The number of anilines is 1. The fourth-order valence-electron chi connectivity index (χ4n) is 2.70. The van der Waals surface area contributed by atoms with E-state index < -0.39 is 0 Å². The summed E-state index contributed by atoms with van der Waals surface area (Å²) in [5.74, 6) is 0.696. The molecule has 21 heavy (non-hydrogen) atoms. The van der Waals surface area contributed by atoms with E-state index in [0.717, 1.165) is 5.82 Å². The van der Waals surface area contributed by atoms with Crippen molar-refractivity contribution in [1.82, 2.24) is 9.88 Å². The Hall–Kier alpha value is -1.62. The predicted octanol–water partition coefficient (Wildman–Crippen LogP) is 2.54. The third-order valence-corrected chi connectivity index (χ3v) is 3.26. The van der Waals surface area contributed by atoms with Gasteiger partial charge in [0.2, 0.25) is 0 Å². The van der Waals surface area contributed by atoms with Crippen molar-refractivity contribution in [2.45, 2.75) is 52.4 Å². The Labute approximate surface area is 126 Å². The maximum absolute atomic E-state index is 12.7. The molecule has 0 spiro atoms. The summed E-state index contributed by atoms with van der Waals surface area (Å²) in [5.41, 5.74) is 0.159. The Balaban J connectivity index is 2.16. The summed E-state index contributed by atoms with van der Waals surface area (Å²) in [6.45, 7) is 11.3. The van der Waals surface area contributed by atoms with Gasteiger partial charge in [-0.15, -0.1) is 0 Å². The molecule has 0 saturated carbocycles. The molecule has 1 atom stereocenters. The van der Waals surface area contributed by atoms with Crippen molar-refractivity contribution in [1.29, 1.82) is 0 Å². The number of nitrogens with zero attached hydrogens (tertiary/aromatic N) is 2. The Kier molecular flexibility index (Phi) is 4.52. The van der Waals surface area contributed by atoms with Gasteiger partial charge in [0.15, 0.2) is 0 Å². The van der Waals surface area contributed by atoms with Gasteiger partial charge in [-0.25, -0.2) is 4.98 Å². The molecule has 0 aromatic carbocycles. The molecule has 1 unspecified atom stereocenters. The van der Waals surface area contributed by atoms with E-state index in [1.165, 1.54) is 0 Å². The van der Waals surface area contributed by atoms with Crippen LogP contribution in [0.2, 0.25) is 0 Å². The van der Waals surface area contributed by atoms with E-state index >= 15 is 0 Å². The molecular formula is C16H25N3O2. The summed E-state index contributed by atoms with van der Waals surface area (Å²) in [6.07, 6.45) is 0.0367. The van der Waals surface area contributed by atoms with Crippen LogP contribution in [0.4, 0.5) is 5.82 Å². The first-order chi connectivity index (χ1) is 9.77. The topological polar surface area (TPSA) is 54.5 Å². The van der Waals surface area contributed by atoms with Crippen molar-refractivity contribution < 1.29 is 9.53 Å². The number of morpholine rings is 1. The van der Waals surface area contributed by atoms with Crippen LogP contribution in [0.15, 0.2) is 18.2 Å². The third-order valence-electron chi connectivity index (χ3n) is 3.26. The first-order valence-corrected chi connectivity index (χ1v) is 7.47. The summed E-state index contributed by atoms with van der Waals surface area (Å²) >= 11 is 0. The zero-order chi connectivity index (χ0) is 15.6. The lowest BCUT2D eigenvalue weighted by Gasteiger charge is -2.41. The molecular weight excluding hydrogens is 266 g/mol. The van der Waals surface area contributed by atoms with Crippen LogP contribution < -0.4 is 5.32 Å². The Morgan fingerprint density at radius 2 is 2.19 bits per heavy atom. The van der Waals surface area contributed by atoms with Crippen LogP contribution in [0.5, 0.6) is 0 Å². The lowest BCUT2D eigenvalue weighted by Crippen LogP contribution is -2.53. The summed E-state index contributed by atoms with van der Waals surface area (Å²) in [5, 5.41) is 3.22. The maximum Gasteiger partial charge on any atom is 0.272 e. The molecule has 1 saturated heterocycles. The standard InChI is InChI=1S/C16H25N3O2/c1-11(2)17-14-8-6-7-13(18-14)15(20)19-9-12(3)21-16(4,5)10-19/h6-8,11-12H,9-10H2,1-5H3,(H,17,18). The summed E-state index contributed by atoms with van der Waals surface area (Å²) in [6, 6.07) is 5.79. The molecule has 0 bridgehead atoms. The predicted molar refractivity (Wildman–Crippen MR) is 83.5 cm³/mol. The Bertz CT molecular complexity index is 514. The highest BCUT2D eigenvalue weighted by Gasteiger charge is 2.34. The third kappa shape index (κ3) is 4.17. The monoisotopic (exact) mass is 291 g/mol. The number of carbonyl (C=O) groups is 1. The normalized spacial score (nSPS) is 21.4. The van der Waals surface area contributed by atoms with Gasteiger partial charge in [-0.2, -0.15) is 0 Å². The number of rotatable bonds is 3. The second kappa shape index (κ2) is 6.02. The lowest BCUT2D eigenvalue weighted by molar-refractivity contribution is -0.118. The second-order valence-corrected chi connectivity index (χ2v) is 6.58. The van der Waals surface area contributed by atoms with Crippen LogP contribution >= 0.6 is 0 Å². The van der Waals surface area contributed by atoms with Crippen molar-refractivity contribution in [3.05, 3.63) is 23.9 Å². The van der Waals surface area contributed by atoms with Crippen LogP contribution in [0.1, 0.15) is 45.1 Å². The minimum absolute atomic E-state index is 0.0365. The highest BCUT2D eigenvalue weighted by molar-refractivity contribution is 5.92. The number of nitrogens with one attached hydrogen (secondary N) is 1. The van der Waals surface area contributed by atoms with E-state index in [0.29, 0.717) is 18.8 Å². The van der Waals surface area contributed by atoms with Gasteiger partial charge < -0.3 is 15.0 Å². The van der Waals surface area contributed by atoms with E-state index in [9.17, 15) is 4.79 Å². The van der Waals surface area contributed by atoms with Gasteiger partial charge in [-0.3, -0.25) is 4.79 Å². The number of amides is 1. The van der Waals surface area contributed by atoms with Gasteiger partial charge in [-0.05, 0) is 46.8 Å². The summed E-state index contributed by atoms with van der Waals surface area (Å²) in [7, 11) is 0. The van der Waals surface area contributed by atoms with Gasteiger partial charge >= 0.3 is 0 Å². The summed E-state index contributed by atoms with van der Waals surface area (Å²) < 4.78 is 5.84. The van der Waals surface area contributed by atoms with Crippen molar-refractivity contribution >= 4 is 11.7 Å². The van der Waals surface area contributed by atoms with Crippen LogP contribution in [0.25, 0.3) is 0 Å². The number of ether oxygens (including phenoxy) is 1. The molecule has 2 rings (SSSR count). The minimum Gasteiger partial charge on any atom is -0.369 e. The average molecular weight is 291 g/mol. The molecule has 116 valence electrons. The van der Waals surface area contributed by atoms with Crippen molar-refractivity contribution in [2.24, 2.45) is 0 Å². The number of carbonyl (C=O) groups excluding carboxylic acids is 1. The average Bonchev–Trinajstić information content (AvgIpc) is 2.35. The van der Waals surface area contributed by atoms with Gasteiger partial charge in [-0.1, -0.05) is 6.07 Å². The number of pyridine rings is 1. The zero-order valence-electron chi connectivity index (χ0n) is 13.5. The highest BCUT2D eigenvalue weighted by Crippen LogP contribution is 2.22. The van der Waals surface area contributed by atoms with Crippen LogP contribution in [-0.2, 0) is 4.74 Å². The van der Waals surface area contributed by atoms with Gasteiger partial charge in [0, 0.05) is 19.1 Å². The highest BCUT2D eigenvalue weighted by atomic mass is 16.5. The molecule has 1 fully saturated rings. The molecule has 0 radical (unpaired) electrons. The first-order valence-electron chi connectivity index (χ1n) is 7.47. The smallest absolute Gasteiger partial charge is 0.272 e. The minimum atomic E-state index is -0.318. The quantitative estimate of drug-likeness (QED) is 0.930. The van der Waals surface area contributed by atoms with E-state index in [1.807, 2.05) is 51.7 Å². The number of hydrogen-bond acceptors (Lipinski definition) is 4. The van der Waals surface area contributed by atoms with E-state index in [2.05, 4.69) is 10.3 Å². The van der Waals surface area contributed by atoms with E-state index in [1.54, 1.807) is 6.07 Å². The fraction of sp³-hybridized carbons (Fsp3) is 0.625. The number of aromatic nitrogens is 1. The zero-order valence-corrected chi connectivity index (χ0v) is 13.5. The molecule has 1 aromatic rings. The van der Waals surface area contributed by atoms with Crippen LogP contribution in [0.3, 0.4) is 0 Å². The van der Waals surface area contributed by atoms with Crippen molar-refractivity contribution in [2.75, 3.05) is 18.4 Å². The van der Waals surface area contributed by atoms with Crippen molar-refractivity contribution in [3.8, 4) is 0 Å². The Morgan fingerprint density at radius 3 is 2.81 bits per heavy atom. The van der Waals surface area contributed by atoms with Crippen LogP contribution in [0, 0.1) is 0 Å².